The van der Waals surface area contributed by atoms with Crippen LogP contribution >= 0.6 is 11.3 Å². The summed E-state index contributed by atoms with van der Waals surface area (Å²) in [6.07, 6.45) is 3.72. The van der Waals surface area contributed by atoms with Crippen molar-refractivity contribution in [3.63, 3.8) is 0 Å². The number of hydrogen-bond donors (Lipinski definition) is 1. The number of pyridine rings is 1. The molecular weight excluding hydrogens is 416 g/mol. The highest BCUT2D eigenvalue weighted by molar-refractivity contribution is 7.17. The zero-order valence-electron chi connectivity index (χ0n) is 17.1. The predicted molar refractivity (Wildman–Crippen MR) is 118 cm³/mol. The fourth-order valence-corrected chi connectivity index (χ4v) is 4.91. The van der Waals surface area contributed by atoms with E-state index in [-0.39, 0.29) is 12.3 Å². The third-order valence-electron chi connectivity index (χ3n) is 5.05. The van der Waals surface area contributed by atoms with Crippen molar-refractivity contribution in [3.05, 3.63) is 58.1 Å². The fraction of sp³-hybridized carbons (Fsp3) is 0.304. The predicted octanol–water partition coefficient (Wildman–Crippen LogP) is 4.15. The van der Waals surface area contributed by atoms with E-state index in [4.69, 9.17) is 9.47 Å². The number of ether oxygens (including phenoxy) is 2. The highest BCUT2D eigenvalue weighted by Crippen LogP contribution is 2.38. The summed E-state index contributed by atoms with van der Waals surface area (Å²) < 4.78 is 10.3. The van der Waals surface area contributed by atoms with Crippen molar-refractivity contribution in [3.8, 4) is 0 Å². The zero-order valence-corrected chi connectivity index (χ0v) is 17.9. The number of nitrogens with one attached hydrogen (secondary N) is 1. The largest absolute Gasteiger partial charge is 0.462 e. The summed E-state index contributed by atoms with van der Waals surface area (Å²) in [5, 5.41) is 4.09. The Balaban J connectivity index is 1.44. The van der Waals surface area contributed by atoms with Crippen molar-refractivity contribution < 1.29 is 23.9 Å². The smallest absolute Gasteiger partial charge is 0.357 e. The first-order valence-corrected chi connectivity index (χ1v) is 11.0. The van der Waals surface area contributed by atoms with Gasteiger partial charge in [0.15, 0.2) is 6.61 Å². The first-order chi connectivity index (χ1) is 15.1. The van der Waals surface area contributed by atoms with Crippen LogP contribution in [0.15, 0.2) is 36.4 Å². The maximum Gasteiger partial charge on any atom is 0.357 e. The van der Waals surface area contributed by atoms with Gasteiger partial charge in [0, 0.05) is 10.3 Å². The average molecular weight is 439 g/mol. The van der Waals surface area contributed by atoms with Crippen LogP contribution < -0.4 is 5.32 Å². The second-order valence-electron chi connectivity index (χ2n) is 7.15. The number of aromatic nitrogens is 1. The zero-order chi connectivity index (χ0) is 21.8. The van der Waals surface area contributed by atoms with Crippen LogP contribution in [0.1, 0.15) is 51.1 Å². The van der Waals surface area contributed by atoms with Crippen LogP contribution in [-0.4, -0.2) is 36.0 Å². The molecule has 0 fully saturated rings. The molecule has 160 valence electrons. The van der Waals surface area contributed by atoms with E-state index in [1.54, 1.807) is 25.1 Å². The lowest BCUT2D eigenvalue weighted by molar-refractivity contribution is -0.119. The number of anilines is 1. The van der Waals surface area contributed by atoms with Crippen LogP contribution in [0.3, 0.4) is 0 Å². The van der Waals surface area contributed by atoms with Gasteiger partial charge in [0.05, 0.1) is 17.7 Å². The van der Waals surface area contributed by atoms with Crippen LogP contribution in [0.4, 0.5) is 5.00 Å². The minimum Gasteiger partial charge on any atom is -0.462 e. The topological polar surface area (TPSA) is 94.6 Å². The molecule has 3 aromatic rings. The molecule has 1 amide bonds. The van der Waals surface area contributed by atoms with Crippen molar-refractivity contribution in [1.82, 2.24) is 4.98 Å². The van der Waals surface area contributed by atoms with Crippen molar-refractivity contribution in [1.29, 1.82) is 0 Å². The quantitative estimate of drug-likeness (QED) is 0.581. The van der Waals surface area contributed by atoms with E-state index >= 15 is 0 Å². The summed E-state index contributed by atoms with van der Waals surface area (Å²) >= 11 is 1.39. The van der Waals surface area contributed by atoms with Crippen LogP contribution in [-0.2, 0) is 27.1 Å². The van der Waals surface area contributed by atoms with E-state index in [0.29, 0.717) is 16.1 Å². The minimum atomic E-state index is -0.683. The number of benzene rings is 1. The standard InChI is InChI=1S/C23H22N2O5S/c1-2-29-23(28)20-15-8-4-6-10-18(15)31-21(20)25-19(26)13-30-22(27)17-12-11-14-7-3-5-9-16(14)24-17/h3,5,7,9,11-12H,2,4,6,8,10,13H2,1H3,(H,25,26). The van der Waals surface area contributed by atoms with Crippen LogP contribution in [0, 0.1) is 0 Å². The molecule has 0 spiro atoms. The first-order valence-electron chi connectivity index (χ1n) is 10.2. The highest BCUT2D eigenvalue weighted by atomic mass is 32.1. The molecule has 8 heteroatoms. The number of hydrogen-bond acceptors (Lipinski definition) is 7. The number of esters is 2. The number of para-hydroxylation sites is 1. The monoisotopic (exact) mass is 438 g/mol. The Labute approximate surface area is 183 Å². The molecule has 0 unspecified atom stereocenters. The first kappa shape index (κ1) is 21.0. The molecule has 0 bridgehead atoms. The maximum atomic E-state index is 12.5. The van der Waals surface area contributed by atoms with E-state index in [1.165, 1.54) is 11.3 Å². The molecule has 0 saturated carbocycles. The molecule has 1 aromatic carbocycles. The van der Waals surface area contributed by atoms with E-state index in [0.717, 1.165) is 41.5 Å². The number of thiophene rings is 1. The second kappa shape index (κ2) is 9.26. The molecule has 0 radical (unpaired) electrons. The molecular formula is C23H22N2O5S. The Bertz CT molecular complexity index is 1150. The Hall–Kier alpha value is -3.26. The van der Waals surface area contributed by atoms with Gasteiger partial charge in [-0.2, -0.15) is 0 Å². The number of fused-ring (bicyclic) bond motifs is 2. The lowest BCUT2D eigenvalue weighted by Gasteiger charge is -2.12. The molecule has 2 aromatic heterocycles. The summed E-state index contributed by atoms with van der Waals surface area (Å²) in [7, 11) is 0. The van der Waals surface area contributed by atoms with Crippen LogP contribution in [0.5, 0.6) is 0 Å². The van der Waals surface area contributed by atoms with Gasteiger partial charge in [-0.1, -0.05) is 24.3 Å². The molecule has 1 aliphatic rings. The number of amides is 1. The van der Waals surface area contributed by atoms with Gasteiger partial charge in [-0.25, -0.2) is 14.6 Å². The number of carbonyl (C=O) groups is 3. The van der Waals surface area contributed by atoms with Crippen LogP contribution in [0.2, 0.25) is 0 Å². The van der Waals surface area contributed by atoms with Gasteiger partial charge in [-0.3, -0.25) is 4.79 Å². The van der Waals surface area contributed by atoms with E-state index in [1.807, 2.05) is 18.2 Å². The van der Waals surface area contributed by atoms with E-state index in [2.05, 4.69) is 10.3 Å². The summed E-state index contributed by atoms with van der Waals surface area (Å²) in [6.45, 7) is 1.53. The van der Waals surface area contributed by atoms with Gasteiger partial charge >= 0.3 is 11.9 Å². The molecule has 2 heterocycles. The number of carbonyl (C=O) groups excluding carboxylic acids is 3. The van der Waals surface area contributed by atoms with Crippen LogP contribution in [0.25, 0.3) is 10.9 Å². The Morgan fingerprint density at radius 3 is 2.68 bits per heavy atom. The maximum absolute atomic E-state index is 12.5. The van der Waals surface area contributed by atoms with Gasteiger partial charge < -0.3 is 14.8 Å². The summed E-state index contributed by atoms with van der Waals surface area (Å²) in [6, 6.07) is 10.8. The van der Waals surface area contributed by atoms with Crippen molar-refractivity contribution in [2.45, 2.75) is 32.6 Å². The molecule has 4 rings (SSSR count). The Kier molecular flexibility index (Phi) is 6.27. The van der Waals surface area contributed by atoms with Gasteiger partial charge in [-0.05, 0) is 50.3 Å². The van der Waals surface area contributed by atoms with E-state index < -0.39 is 24.5 Å². The fourth-order valence-electron chi connectivity index (χ4n) is 3.62. The number of aryl methyl sites for hydroxylation is 1. The lowest BCUT2D eigenvalue weighted by Crippen LogP contribution is -2.22. The Morgan fingerprint density at radius 2 is 1.84 bits per heavy atom. The van der Waals surface area contributed by atoms with Crippen molar-refractivity contribution in [2.75, 3.05) is 18.5 Å². The minimum absolute atomic E-state index is 0.130. The summed E-state index contributed by atoms with van der Waals surface area (Å²) in [4.78, 5) is 42.6. The van der Waals surface area contributed by atoms with Gasteiger partial charge in [0.25, 0.3) is 5.91 Å². The molecule has 0 aliphatic heterocycles. The van der Waals surface area contributed by atoms with Crippen molar-refractivity contribution >= 4 is 45.1 Å². The molecule has 0 saturated heterocycles. The second-order valence-corrected chi connectivity index (χ2v) is 8.25. The van der Waals surface area contributed by atoms with E-state index in [9.17, 15) is 14.4 Å². The van der Waals surface area contributed by atoms with Gasteiger partial charge in [0.2, 0.25) is 0 Å². The average Bonchev–Trinajstić information content (AvgIpc) is 3.15. The Morgan fingerprint density at radius 1 is 1.03 bits per heavy atom. The van der Waals surface area contributed by atoms with Gasteiger partial charge in [-0.15, -0.1) is 11.3 Å². The molecule has 7 nitrogen and oxygen atoms in total. The lowest BCUT2D eigenvalue weighted by atomic mass is 9.95. The van der Waals surface area contributed by atoms with Crippen molar-refractivity contribution in [2.24, 2.45) is 0 Å². The molecule has 0 atom stereocenters. The normalized spacial score (nSPS) is 12.8. The third kappa shape index (κ3) is 4.59. The van der Waals surface area contributed by atoms with Gasteiger partial charge in [0.1, 0.15) is 10.7 Å². The number of nitrogens with zero attached hydrogens (tertiary/aromatic N) is 1. The SMILES string of the molecule is CCOC(=O)c1c(NC(=O)COC(=O)c2ccc3ccccc3n2)sc2c1CCCC2. The molecule has 1 aliphatic carbocycles. The third-order valence-corrected chi connectivity index (χ3v) is 6.25. The molecule has 1 N–H and O–H groups in total. The molecule has 31 heavy (non-hydrogen) atoms. The highest BCUT2D eigenvalue weighted by Gasteiger charge is 2.27. The summed E-state index contributed by atoms with van der Waals surface area (Å²) in [5.74, 6) is -1.63. The summed E-state index contributed by atoms with van der Waals surface area (Å²) in [5.41, 5.74) is 2.19. The number of rotatable bonds is 6.